The molecule has 1 aromatic carbocycles. The van der Waals surface area contributed by atoms with Crippen LogP contribution >= 0.6 is 0 Å². The van der Waals surface area contributed by atoms with E-state index in [2.05, 4.69) is 10.6 Å². The van der Waals surface area contributed by atoms with E-state index in [4.69, 9.17) is 9.47 Å². The summed E-state index contributed by atoms with van der Waals surface area (Å²) in [5, 5.41) is 6.95. The lowest BCUT2D eigenvalue weighted by molar-refractivity contribution is -0.147. The van der Waals surface area contributed by atoms with Crippen LogP contribution in [0.5, 0.6) is 5.75 Å². The summed E-state index contributed by atoms with van der Waals surface area (Å²) in [4.78, 5) is 46.9. The predicted octanol–water partition coefficient (Wildman–Crippen LogP) is 0.983. The molecule has 0 aliphatic rings. The van der Waals surface area contributed by atoms with Crippen LogP contribution in [0.3, 0.4) is 0 Å². The Bertz CT molecular complexity index is 697. The van der Waals surface area contributed by atoms with Gasteiger partial charge in [0.25, 0.3) is 11.8 Å². The van der Waals surface area contributed by atoms with Crippen LogP contribution in [0.15, 0.2) is 24.3 Å². The number of esters is 1. The van der Waals surface area contributed by atoms with Gasteiger partial charge in [0.2, 0.25) is 0 Å². The molecule has 0 aliphatic carbocycles. The summed E-state index contributed by atoms with van der Waals surface area (Å²) in [6, 6.07) is 5.91. The number of amides is 4. The van der Waals surface area contributed by atoms with Crippen molar-refractivity contribution < 1.29 is 28.7 Å². The summed E-state index contributed by atoms with van der Waals surface area (Å²) >= 11 is 0. The Morgan fingerprint density at radius 2 is 1.74 bits per heavy atom. The van der Waals surface area contributed by atoms with E-state index in [0.717, 1.165) is 0 Å². The lowest BCUT2D eigenvalue weighted by Gasteiger charge is -2.20. The van der Waals surface area contributed by atoms with Gasteiger partial charge in [0.1, 0.15) is 12.3 Å². The molecule has 0 radical (unpaired) electrons. The van der Waals surface area contributed by atoms with Crippen LogP contribution in [0.1, 0.15) is 38.1 Å². The Balaban J connectivity index is 2.40. The number of ether oxygens (including phenoxy) is 2. The molecule has 0 bridgehead atoms. The molecule has 0 aliphatic heterocycles. The number of urea groups is 1. The van der Waals surface area contributed by atoms with Crippen molar-refractivity contribution in [1.82, 2.24) is 16.0 Å². The average molecular weight is 379 g/mol. The lowest BCUT2D eigenvalue weighted by Crippen LogP contribution is -2.49. The minimum atomic E-state index is -0.816. The molecule has 0 spiro atoms. The third kappa shape index (κ3) is 8.70. The van der Waals surface area contributed by atoms with E-state index < -0.39 is 42.5 Å². The summed E-state index contributed by atoms with van der Waals surface area (Å²) in [5.41, 5.74) is -0.230. The molecule has 0 saturated heterocycles. The summed E-state index contributed by atoms with van der Waals surface area (Å²) in [6.45, 7) is 6.38. The number of rotatable bonds is 7. The van der Waals surface area contributed by atoms with Gasteiger partial charge >= 0.3 is 12.0 Å². The van der Waals surface area contributed by atoms with Crippen molar-refractivity contribution in [2.75, 3.05) is 19.8 Å². The first kappa shape index (κ1) is 21.9. The molecule has 3 N–H and O–H groups in total. The summed E-state index contributed by atoms with van der Waals surface area (Å²) < 4.78 is 10.1. The molecule has 4 amide bonds. The van der Waals surface area contributed by atoms with Crippen molar-refractivity contribution in [2.45, 2.75) is 33.2 Å². The van der Waals surface area contributed by atoms with Crippen molar-refractivity contribution in [3.8, 4) is 5.75 Å². The highest BCUT2D eigenvalue weighted by Gasteiger charge is 2.17. The van der Waals surface area contributed by atoms with E-state index in [1.165, 1.54) is 0 Å². The molecule has 9 nitrogen and oxygen atoms in total. The molecule has 0 atom stereocenters. The molecule has 1 aromatic rings. The van der Waals surface area contributed by atoms with Crippen molar-refractivity contribution in [3.05, 3.63) is 29.8 Å². The number of imide groups is 1. The number of para-hydroxylation sites is 1. The molecule has 27 heavy (non-hydrogen) atoms. The second kappa shape index (κ2) is 10.1. The van der Waals surface area contributed by atoms with Crippen LogP contribution in [0.4, 0.5) is 4.79 Å². The zero-order valence-corrected chi connectivity index (χ0v) is 15.9. The number of benzene rings is 1. The fourth-order valence-corrected chi connectivity index (χ4v) is 1.91. The molecule has 1 rings (SSSR count). The normalized spacial score (nSPS) is 10.5. The second-order valence-corrected chi connectivity index (χ2v) is 6.52. The largest absolute Gasteiger partial charge is 0.493 e. The fourth-order valence-electron chi connectivity index (χ4n) is 1.91. The third-order valence-corrected chi connectivity index (χ3v) is 2.93. The van der Waals surface area contributed by atoms with Crippen molar-refractivity contribution >= 4 is 23.8 Å². The molecule has 0 saturated carbocycles. The maximum Gasteiger partial charge on any atom is 0.325 e. The van der Waals surface area contributed by atoms with Gasteiger partial charge in [0.05, 0.1) is 12.2 Å². The lowest BCUT2D eigenvalue weighted by atomic mass is 10.1. The molecule has 0 aromatic heterocycles. The standard InChI is InChI=1S/C18H25N3O6/c1-5-26-13-9-7-6-8-12(13)16(24)19-10-15(23)27-11-14(22)20-17(25)21-18(2,3)4/h6-9H,5,10-11H2,1-4H3,(H,19,24)(H2,20,21,22,25). The molecule has 0 heterocycles. The smallest absolute Gasteiger partial charge is 0.325 e. The Kier molecular flexibility index (Phi) is 8.25. The van der Waals surface area contributed by atoms with Gasteiger partial charge in [-0.15, -0.1) is 0 Å². The quantitative estimate of drug-likeness (QED) is 0.607. The predicted molar refractivity (Wildman–Crippen MR) is 97.3 cm³/mol. The van der Waals surface area contributed by atoms with Gasteiger partial charge < -0.3 is 20.1 Å². The van der Waals surface area contributed by atoms with Crippen molar-refractivity contribution in [2.24, 2.45) is 0 Å². The molecular weight excluding hydrogens is 354 g/mol. The van der Waals surface area contributed by atoms with E-state index >= 15 is 0 Å². The van der Waals surface area contributed by atoms with E-state index in [1.54, 1.807) is 52.0 Å². The van der Waals surface area contributed by atoms with E-state index in [9.17, 15) is 19.2 Å². The Labute approximate surface area is 157 Å². The molecule has 0 fully saturated rings. The van der Waals surface area contributed by atoms with E-state index in [0.29, 0.717) is 12.4 Å². The van der Waals surface area contributed by atoms with Crippen LogP contribution in [0, 0.1) is 0 Å². The minimum Gasteiger partial charge on any atom is -0.493 e. The summed E-state index contributed by atoms with van der Waals surface area (Å²) in [7, 11) is 0. The van der Waals surface area contributed by atoms with Gasteiger partial charge in [-0.25, -0.2) is 4.79 Å². The topological polar surface area (TPSA) is 123 Å². The number of carbonyl (C=O) groups is 4. The highest BCUT2D eigenvalue weighted by atomic mass is 16.5. The number of carbonyl (C=O) groups excluding carboxylic acids is 4. The first-order valence-electron chi connectivity index (χ1n) is 8.40. The summed E-state index contributed by atoms with van der Waals surface area (Å²) in [6.07, 6.45) is 0. The molecular formula is C18H25N3O6. The third-order valence-electron chi connectivity index (χ3n) is 2.93. The van der Waals surface area contributed by atoms with Gasteiger partial charge in [0.15, 0.2) is 6.61 Å². The Hall–Kier alpha value is -3.10. The van der Waals surface area contributed by atoms with E-state index in [-0.39, 0.29) is 5.56 Å². The highest BCUT2D eigenvalue weighted by Crippen LogP contribution is 2.17. The number of hydrogen-bond acceptors (Lipinski definition) is 6. The monoisotopic (exact) mass is 379 g/mol. The van der Waals surface area contributed by atoms with Crippen molar-refractivity contribution in [1.29, 1.82) is 0 Å². The molecule has 0 unspecified atom stereocenters. The Morgan fingerprint density at radius 1 is 1.07 bits per heavy atom. The summed E-state index contributed by atoms with van der Waals surface area (Å²) in [5.74, 6) is -1.71. The van der Waals surface area contributed by atoms with Crippen LogP contribution in [-0.2, 0) is 14.3 Å². The second-order valence-electron chi connectivity index (χ2n) is 6.52. The Morgan fingerprint density at radius 3 is 2.37 bits per heavy atom. The van der Waals surface area contributed by atoms with E-state index in [1.807, 2.05) is 5.32 Å². The fraction of sp³-hybridized carbons (Fsp3) is 0.444. The number of hydrogen-bond donors (Lipinski definition) is 3. The van der Waals surface area contributed by atoms with Crippen LogP contribution in [0.2, 0.25) is 0 Å². The number of nitrogens with one attached hydrogen (secondary N) is 3. The van der Waals surface area contributed by atoms with Crippen LogP contribution in [0.25, 0.3) is 0 Å². The maximum atomic E-state index is 12.1. The minimum absolute atomic E-state index is 0.281. The van der Waals surface area contributed by atoms with Crippen LogP contribution in [-0.4, -0.2) is 49.1 Å². The zero-order valence-electron chi connectivity index (χ0n) is 15.9. The van der Waals surface area contributed by atoms with Crippen LogP contribution < -0.4 is 20.7 Å². The zero-order chi connectivity index (χ0) is 20.4. The molecule has 148 valence electrons. The first-order chi connectivity index (χ1) is 12.6. The average Bonchev–Trinajstić information content (AvgIpc) is 2.57. The molecule has 9 heteroatoms. The highest BCUT2D eigenvalue weighted by molar-refractivity contribution is 5.99. The van der Waals surface area contributed by atoms with Gasteiger partial charge in [-0.1, -0.05) is 12.1 Å². The SMILES string of the molecule is CCOc1ccccc1C(=O)NCC(=O)OCC(=O)NC(=O)NC(C)(C)C. The maximum absolute atomic E-state index is 12.1. The first-order valence-corrected chi connectivity index (χ1v) is 8.40. The van der Waals surface area contributed by atoms with Crippen molar-refractivity contribution in [3.63, 3.8) is 0 Å². The van der Waals surface area contributed by atoms with Gasteiger partial charge in [0, 0.05) is 5.54 Å². The van der Waals surface area contributed by atoms with Gasteiger partial charge in [-0.3, -0.25) is 19.7 Å². The van der Waals surface area contributed by atoms with Gasteiger partial charge in [-0.05, 0) is 39.8 Å². The van der Waals surface area contributed by atoms with Gasteiger partial charge in [-0.2, -0.15) is 0 Å².